The van der Waals surface area contributed by atoms with Gasteiger partial charge in [-0.2, -0.15) is 0 Å². The van der Waals surface area contributed by atoms with E-state index in [0.29, 0.717) is 17.4 Å². The summed E-state index contributed by atoms with van der Waals surface area (Å²) in [6.45, 7) is 4.46. The first kappa shape index (κ1) is 15.8. The Hall–Kier alpha value is -1.26. The van der Waals surface area contributed by atoms with Crippen molar-refractivity contribution in [1.29, 1.82) is 0 Å². The van der Waals surface area contributed by atoms with Crippen LogP contribution in [-0.2, 0) is 14.3 Å². The molecule has 1 aromatic carbocycles. The Morgan fingerprint density at radius 2 is 1.95 bits per heavy atom. The van der Waals surface area contributed by atoms with Gasteiger partial charge in [0.2, 0.25) is 0 Å². The van der Waals surface area contributed by atoms with Gasteiger partial charge in [-0.1, -0.05) is 25.4 Å². The molecule has 0 aliphatic rings. The van der Waals surface area contributed by atoms with Crippen molar-refractivity contribution in [3.05, 3.63) is 29.3 Å². The van der Waals surface area contributed by atoms with Gasteiger partial charge in [0.05, 0.1) is 12.5 Å². The quantitative estimate of drug-likeness (QED) is 0.418. The Morgan fingerprint density at radius 1 is 1.26 bits per heavy atom. The molecule has 0 aliphatic carbocycles. The maximum atomic E-state index is 11.3. The second-order valence-electron chi connectivity index (χ2n) is 4.10. The molecule has 0 aromatic heterocycles. The van der Waals surface area contributed by atoms with Gasteiger partial charge in [0.25, 0.3) is 0 Å². The van der Waals surface area contributed by atoms with Crippen LogP contribution in [0, 0.1) is 5.92 Å². The molecule has 0 fully saturated rings. The lowest BCUT2D eigenvalue weighted by Gasteiger charge is -2.10. The van der Waals surface area contributed by atoms with Gasteiger partial charge in [0.1, 0.15) is 12.4 Å². The number of hydrogen-bond donors (Lipinski definition) is 0. The number of rotatable bonds is 8. The van der Waals surface area contributed by atoms with E-state index in [0.717, 1.165) is 6.42 Å². The van der Waals surface area contributed by atoms with E-state index in [-0.39, 0.29) is 25.3 Å². The summed E-state index contributed by atoms with van der Waals surface area (Å²) in [5.74, 6) is 0.427. The molecule has 0 radical (unpaired) electrons. The Kier molecular flexibility index (Phi) is 7.30. The molecule has 1 aromatic rings. The highest BCUT2D eigenvalue weighted by atomic mass is 35.5. The molecule has 1 atom stereocenters. The Bertz CT molecular complexity index is 378. The summed E-state index contributed by atoms with van der Waals surface area (Å²) in [5, 5.41) is 0.658. The summed E-state index contributed by atoms with van der Waals surface area (Å²) >= 11 is 5.75. The van der Waals surface area contributed by atoms with Crippen molar-refractivity contribution in [1.82, 2.24) is 0 Å². The van der Waals surface area contributed by atoms with E-state index in [1.807, 2.05) is 13.8 Å². The molecule has 19 heavy (non-hydrogen) atoms. The topological polar surface area (TPSA) is 44.8 Å². The normalized spacial score (nSPS) is 11.9. The van der Waals surface area contributed by atoms with Crippen LogP contribution in [0.15, 0.2) is 24.3 Å². The highest BCUT2D eigenvalue weighted by molar-refractivity contribution is 6.30. The third kappa shape index (κ3) is 6.45. The first-order valence-electron chi connectivity index (χ1n) is 6.26. The predicted molar refractivity (Wildman–Crippen MR) is 73.3 cm³/mol. The van der Waals surface area contributed by atoms with Crippen LogP contribution in [0.25, 0.3) is 0 Å². The molecule has 0 amide bonds. The highest BCUT2D eigenvalue weighted by Crippen LogP contribution is 2.15. The van der Waals surface area contributed by atoms with Crippen LogP contribution in [0.1, 0.15) is 20.3 Å². The molecule has 5 heteroatoms. The zero-order valence-electron chi connectivity index (χ0n) is 11.2. The number of esters is 1. The Labute approximate surface area is 118 Å². The Morgan fingerprint density at radius 3 is 2.58 bits per heavy atom. The van der Waals surface area contributed by atoms with E-state index < -0.39 is 0 Å². The summed E-state index contributed by atoms with van der Waals surface area (Å²) in [6.07, 6.45) is 0.777. The van der Waals surface area contributed by atoms with E-state index in [4.69, 9.17) is 25.8 Å². The van der Waals surface area contributed by atoms with Crippen molar-refractivity contribution < 1.29 is 19.0 Å². The SMILES string of the molecule is CCC(C)C(=O)OCCOCOc1ccc(Cl)cc1. The van der Waals surface area contributed by atoms with Crippen molar-refractivity contribution in [2.75, 3.05) is 20.0 Å². The van der Waals surface area contributed by atoms with Crippen molar-refractivity contribution >= 4 is 17.6 Å². The van der Waals surface area contributed by atoms with Gasteiger partial charge >= 0.3 is 5.97 Å². The average Bonchev–Trinajstić information content (AvgIpc) is 2.43. The lowest BCUT2D eigenvalue weighted by Crippen LogP contribution is -2.17. The third-order valence-corrected chi connectivity index (χ3v) is 2.86. The van der Waals surface area contributed by atoms with Crippen LogP contribution in [-0.4, -0.2) is 26.0 Å². The molecule has 1 rings (SSSR count). The molecule has 1 unspecified atom stereocenters. The fourth-order valence-corrected chi connectivity index (χ4v) is 1.34. The number of carbonyl (C=O) groups is 1. The number of hydrogen-bond acceptors (Lipinski definition) is 4. The Balaban J connectivity index is 2.05. The van der Waals surface area contributed by atoms with Crippen molar-refractivity contribution in [2.24, 2.45) is 5.92 Å². The third-order valence-electron chi connectivity index (χ3n) is 2.61. The van der Waals surface area contributed by atoms with Gasteiger partial charge in [0.15, 0.2) is 6.79 Å². The predicted octanol–water partition coefficient (Wildman–Crippen LogP) is 3.28. The number of carbonyl (C=O) groups excluding carboxylic acids is 1. The standard InChI is InChI=1S/C14H19ClO4/c1-3-11(2)14(16)18-9-8-17-10-19-13-6-4-12(15)5-7-13/h4-7,11H,3,8-10H2,1-2H3. The van der Waals surface area contributed by atoms with E-state index in [9.17, 15) is 4.79 Å². The number of benzene rings is 1. The van der Waals surface area contributed by atoms with Gasteiger partial charge in [-0.25, -0.2) is 0 Å². The number of halogens is 1. The zero-order chi connectivity index (χ0) is 14.1. The van der Waals surface area contributed by atoms with Gasteiger partial charge in [-0.05, 0) is 30.7 Å². The fraction of sp³-hybridized carbons (Fsp3) is 0.500. The lowest BCUT2D eigenvalue weighted by atomic mass is 10.1. The van der Waals surface area contributed by atoms with Crippen molar-refractivity contribution in [3.63, 3.8) is 0 Å². The molecule has 4 nitrogen and oxygen atoms in total. The molecule has 0 aliphatic heterocycles. The van der Waals surface area contributed by atoms with E-state index in [2.05, 4.69) is 0 Å². The second kappa shape index (κ2) is 8.77. The maximum absolute atomic E-state index is 11.3. The van der Waals surface area contributed by atoms with Crippen LogP contribution in [0.5, 0.6) is 5.75 Å². The molecular formula is C14H19ClO4. The summed E-state index contributed by atoms with van der Waals surface area (Å²) < 4.78 is 15.5. The maximum Gasteiger partial charge on any atom is 0.308 e. The molecule has 0 N–H and O–H groups in total. The van der Waals surface area contributed by atoms with E-state index >= 15 is 0 Å². The first-order chi connectivity index (χ1) is 9.13. The minimum Gasteiger partial charge on any atom is -0.468 e. The van der Waals surface area contributed by atoms with Gasteiger partial charge in [0, 0.05) is 5.02 Å². The van der Waals surface area contributed by atoms with Crippen LogP contribution >= 0.6 is 11.6 Å². The zero-order valence-corrected chi connectivity index (χ0v) is 12.0. The minimum absolute atomic E-state index is 0.0645. The van der Waals surface area contributed by atoms with Crippen LogP contribution in [0.4, 0.5) is 0 Å². The second-order valence-corrected chi connectivity index (χ2v) is 4.54. The van der Waals surface area contributed by atoms with Crippen LogP contribution < -0.4 is 4.74 Å². The average molecular weight is 287 g/mol. The lowest BCUT2D eigenvalue weighted by molar-refractivity contribution is -0.150. The van der Waals surface area contributed by atoms with Crippen LogP contribution in [0.3, 0.4) is 0 Å². The van der Waals surface area contributed by atoms with Gasteiger partial charge in [-0.15, -0.1) is 0 Å². The highest BCUT2D eigenvalue weighted by Gasteiger charge is 2.11. The molecule has 0 spiro atoms. The monoisotopic (exact) mass is 286 g/mol. The van der Waals surface area contributed by atoms with E-state index in [1.165, 1.54) is 0 Å². The first-order valence-corrected chi connectivity index (χ1v) is 6.64. The van der Waals surface area contributed by atoms with Crippen molar-refractivity contribution in [3.8, 4) is 5.75 Å². The fourth-order valence-electron chi connectivity index (χ4n) is 1.21. The molecule has 0 saturated carbocycles. The molecule has 0 heterocycles. The van der Waals surface area contributed by atoms with Gasteiger partial charge in [-0.3, -0.25) is 4.79 Å². The summed E-state index contributed by atoms with van der Waals surface area (Å²) in [4.78, 5) is 11.3. The summed E-state index contributed by atoms with van der Waals surface area (Å²) in [6, 6.07) is 7.00. The van der Waals surface area contributed by atoms with Crippen LogP contribution in [0.2, 0.25) is 5.02 Å². The largest absolute Gasteiger partial charge is 0.468 e. The van der Waals surface area contributed by atoms with E-state index in [1.54, 1.807) is 24.3 Å². The van der Waals surface area contributed by atoms with Crippen molar-refractivity contribution in [2.45, 2.75) is 20.3 Å². The smallest absolute Gasteiger partial charge is 0.308 e. The minimum atomic E-state index is -0.190. The molecule has 0 bridgehead atoms. The molecular weight excluding hydrogens is 268 g/mol. The van der Waals surface area contributed by atoms with Gasteiger partial charge < -0.3 is 14.2 Å². The number of ether oxygens (including phenoxy) is 3. The summed E-state index contributed by atoms with van der Waals surface area (Å²) in [5.41, 5.74) is 0. The molecule has 106 valence electrons. The molecule has 0 saturated heterocycles. The summed E-state index contributed by atoms with van der Waals surface area (Å²) in [7, 11) is 0.